The normalized spacial score (nSPS) is 16.6. The van der Waals surface area contributed by atoms with Crippen LogP contribution in [0.1, 0.15) is 11.1 Å². The van der Waals surface area contributed by atoms with Crippen molar-refractivity contribution < 1.29 is 4.74 Å². The molecule has 2 rings (SSSR count). The summed E-state index contributed by atoms with van der Waals surface area (Å²) in [6.45, 7) is 2.63. The Morgan fingerprint density at radius 3 is 2.88 bits per heavy atom. The molecule has 4 nitrogen and oxygen atoms in total. The molecule has 1 heterocycles. The maximum atomic E-state index is 8.85. The largest absolute Gasteiger partial charge is 0.496 e. The van der Waals surface area contributed by atoms with Gasteiger partial charge in [0.15, 0.2) is 0 Å². The summed E-state index contributed by atoms with van der Waals surface area (Å²) in [5, 5.41) is 8.85. The fourth-order valence-corrected chi connectivity index (χ4v) is 1.95. The number of likely N-dealkylation sites (tertiary alicyclic amines) is 1. The van der Waals surface area contributed by atoms with Crippen molar-refractivity contribution in [1.29, 1.82) is 5.26 Å². The molecule has 0 radical (unpaired) electrons. The van der Waals surface area contributed by atoms with Gasteiger partial charge < -0.3 is 10.5 Å². The maximum Gasteiger partial charge on any atom is 0.123 e. The Labute approximate surface area is 95.2 Å². The molecule has 0 aromatic heterocycles. The van der Waals surface area contributed by atoms with Gasteiger partial charge in [0, 0.05) is 31.2 Å². The summed E-state index contributed by atoms with van der Waals surface area (Å²) < 4.78 is 5.27. The Hall–Kier alpha value is -1.57. The number of benzene rings is 1. The van der Waals surface area contributed by atoms with Crippen LogP contribution >= 0.6 is 0 Å². The van der Waals surface area contributed by atoms with Crippen molar-refractivity contribution >= 4 is 0 Å². The van der Waals surface area contributed by atoms with Gasteiger partial charge in [0.05, 0.1) is 18.7 Å². The highest BCUT2D eigenvalue weighted by Gasteiger charge is 2.23. The van der Waals surface area contributed by atoms with E-state index in [0.29, 0.717) is 11.6 Å². The number of hydrogen-bond donors (Lipinski definition) is 1. The quantitative estimate of drug-likeness (QED) is 0.810. The number of methoxy groups -OCH3 is 1. The van der Waals surface area contributed by atoms with E-state index in [-0.39, 0.29) is 0 Å². The van der Waals surface area contributed by atoms with Crippen LogP contribution in [0.2, 0.25) is 0 Å². The number of hydrogen-bond acceptors (Lipinski definition) is 4. The molecular weight excluding hydrogens is 202 g/mol. The molecule has 0 aliphatic carbocycles. The van der Waals surface area contributed by atoms with Crippen molar-refractivity contribution in [3.63, 3.8) is 0 Å². The van der Waals surface area contributed by atoms with Crippen molar-refractivity contribution in [3.8, 4) is 11.8 Å². The molecule has 1 aliphatic heterocycles. The third-order valence-corrected chi connectivity index (χ3v) is 2.79. The van der Waals surface area contributed by atoms with Gasteiger partial charge in [-0.15, -0.1) is 0 Å². The minimum atomic E-state index is 0.296. The lowest BCUT2D eigenvalue weighted by Gasteiger charge is -2.37. The van der Waals surface area contributed by atoms with Crippen LogP contribution in [0, 0.1) is 11.3 Å². The van der Waals surface area contributed by atoms with Crippen LogP contribution in [-0.2, 0) is 6.54 Å². The maximum absolute atomic E-state index is 8.85. The van der Waals surface area contributed by atoms with Crippen molar-refractivity contribution in [3.05, 3.63) is 29.3 Å². The average Bonchev–Trinajstić information content (AvgIpc) is 2.27. The Bertz CT molecular complexity index is 419. The molecule has 1 aliphatic rings. The Morgan fingerprint density at radius 1 is 1.56 bits per heavy atom. The molecule has 0 bridgehead atoms. The van der Waals surface area contributed by atoms with E-state index in [9.17, 15) is 0 Å². The summed E-state index contributed by atoms with van der Waals surface area (Å²) in [5.41, 5.74) is 7.44. The second-order valence-electron chi connectivity index (χ2n) is 4.09. The average molecular weight is 217 g/mol. The lowest BCUT2D eigenvalue weighted by Crippen LogP contribution is -2.54. The first-order chi connectivity index (χ1) is 7.72. The molecule has 0 amide bonds. The van der Waals surface area contributed by atoms with Crippen LogP contribution in [0.15, 0.2) is 18.2 Å². The van der Waals surface area contributed by atoms with Gasteiger partial charge in [0.25, 0.3) is 0 Å². The van der Waals surface area contributed by atoms with Gasteiger partial charge in [-0.2, -0.15) is 5.26 Å². The second-order valence-corrected chi connectivity index (χ2v) is 4.09. The van der Waals surface area contributed by atoms with Crippen LogP contribution in [-0.4, -0.2) is 31.1 Å². The lowest BCUT2D eigenvalue weighted by atomic mass is 10.1. The van der Waals surface area contributed by atoms with Crippen molar-refractivity contribution in [1.82, 2.24) is 4.90 Å². The molecule has 0 spiro atoms. The van der Waals surface area contributed by atoms with Crippen LogP contribution in [0.5, 0.6) is 5.75 Å². The Balaban J connectivity index is 2.14. The van der Waals surface area contributed by atoms with E-state index in [2.05, 4.69) is 11.0 Å². The topological polar surface area (TPSA) is 62.3 Å². The van der Waals surface area contributed by atoms with E-state index in [1.54, 1.807) is 13.2 Å². The van der Waals surface area contributed by atoms with Crippen LogP contribution in [0.25, 0.3) is 0 Å². The highest BCUT2D eigenvalue weighted by Crippen LogP contribution is 2.23. The van der Waals surface area contributed by atoms with E-state index in [4.69, 9.17) is 15.7 Å². The van der Waals surface area contributed by atoms with E-state index in [0.717, 1.165) is 30.9 Å². The zero-order valence-electron chi connectivity index (χ0n) is 9.31. The molecule has 1 aromatic rings. The number of rotatable bonds is 3. The third kappa shape index (κ3) is 2.16. The number of ether oxygens (including phenoxy) is 1. The third-order valence-electron chi connectivity index (χ3n) is 2.79. The van der Waals surface area contributed by atoms with E-state index in [1.165, 1.54) is 0 Å². The zero-order chi connectivity index (χ0) is 11.5. The first kappa shape index (κ1) is 10.9. The van der Waals surface area contributed by atoms with Crippen molar-refractivity contribution in [2.24, 2.45) is 5.73 Å². The summed E-state index contributed by atoms with van der Waals surface area (Å²) in [6, 6.07) is 7.92. The predicted molar refractivity (Wildman–Crippen MR) is 61.0 cm³/mol. The standard InChI is InChI=1S/C12H15N3O/c1-16-12-3-2-9(5-13)4-10(12)6-15-7-11(14)8-15/h2-4,11H,6-8,14H2,1H3. The molecule has 1 saturated heterocycles. The summed E-state index contributed by atoms with van der Waals surface area (Å²) >= 11 is 0. The summed E-state index contributed by atoms with van der Waals surface area (Å²) in [4.78, 5) is 2.24. The van der Waals surface area contributed by atoms with Gasteiger partial charge in [-0.25, -0.2) is 0 Å². The Kier molecular flexibility index (Phi) is 3.09. The first-order valence-electron chi connectivity index (χ1n) is 5.28. The van der Waals surface area contributed by atoms with Crippen LogP contribution < -0.4 is 10.5 Å². The van der Waals surface area contributed by atoms with E-state index in [1.807, 2.05) is 12.1 Å². The van der Waals surface area contributed by atoms with Crippen molar-refractivity contribution in [2.45, 2.75) is 12.6 Å². The summed E-state index contributed by atoms with van der Waals surface area (Å²) in [5.74, 6) is 0.833. The van der Waals surface area contributed by atoms with Gasteiger partial charge in [0.1, 0.15) is 5.75 Å². The Morgan fingerprint density at radius 2 is 2.31 bits per heavy atom. The molecule has 4 heteroatoms. The van der Waals surface area contributed by atoms with Crippen LogP contribution in [0.4, 0.5) is 0 Å². The summed E-state index contributed by atoms with van der Waals surface area (Å²) in [6.07, 6.45) is 0. The zero-order valence-corrected chi connectivity index (χ0v) is 9.31. The number of nitrogens with zero attached hydrogens (tertiary/aromatic N) is 2. The monoisotopic (exact) mass is 217 g/mol. The molecule has 0 saturated carbocycles. The fraction of sp³-hybridized carbons (Fsp3) is 0.417. The molecule has 2 N–H and O–H groups in total. The summed E-state index contributed by atoms with van der Waals surface area (Å²) in [7, 11) is 1.65. The molecule has 84 valence electrons. The minimum Gasteiger partial charge on any atom is -0.496 e. The minimum absolute atomic E-state index is 0.296. The number of nitrogens with two attached hydrogens (primary N) is 1. The first-order valence-corrected chi connectivity index (χ1v) is 5.28. The molecule has 0 atom stereocenters. The highest BCUT2D eigenvalue weighted by molar-refractivity contribution is 5.42. The fourth-order valence-electron chi connectivity index (χ4n) is 1.95. The highest BCUT2D eigenvalue weighted by atomic mass is 16.5. The second kappa shape index (κ2) is 4.52. The van der Waals surface area contributed by atoms with Gasteiger partial charge >= 0.3 is 0 Å². The van der Waals surface area contributed by atoms with E-state index >= 15 is 0 Å². The molecule has 16 heavy (non-hydrogen) atoms. The molecule has 0 unspecified atom stereocenters. The lowest BCUT2D eigenvalue weighted by molar-refractivity contribution is 0.141. The number of nitriles is 1. The van der Waals surface area contributed by atoms with Gasteiger partial charge in [0.2, 0.25) is 0 Å². The van der Waals surface area contributed by atoms with Crippen molar-refractivity contribution in [2.75, 3.05) is 20.2 Å². The smallest absolute Gasteiger partial charge is 0.123 e. The SMILES string of the molecule is COc1ccc(C#N)cc1CN1CC(N)C1. The molecule has 1 aromatic carbocycles. The van der Waals surface area contributed by atoms with Gasteiger partial charge in [-0.3, -0.25) is 4.90 Å². The van der Waals surface area contributed by atoms with Gasteiger partial charge in [-0.1, -0.05) is 0 Å². The van der Waals surface area contributed by atoms with E-state index < -0.39 is 0 Å². The van der Waals surface area contributed by atoms with Crippen LogP contribution in [0.3, 0.4) is 0 Å². The van der Waals surface area contributed by atoms with Gasteiger partial charge in [-0.05, 0) is 18.2 Å². The molecular formula is C12H15N3O. The molecule has 1 fully saturated rings. The predicted octanol–water partition coefficient (Wildman–Crippen LogP) is 0.710.